The van der Waals surface area contributed by atoms with Crippen molar-refractivity contribution in [1.82, 2.24) is 0 Å². The number of esters is 1. The Morgan fingerprint density at radius 1 is 1.05 bits per heavy atom. The van der Waals surface area contributed by atoms with E-state index in [4.69, 9.17) is 4.74 Å². The lowest BCUT2D eigenvalue weighted by molar-refractivity contribution is -0.137. The van der Waals surface area contributed by atoms with Crippen molar-refractivity contribution < 1.29 is 9.53 Å². The van der Waals surface area contributed by atoms with E-state index in [-0.39, 0.29) is 5.97 Å². The minimum Gasteiger partial charge on any atom is -0.463 e. The molecule has 2 heteroatoms. The van der Waals surface area contributed by atoms with E-state index in [1.165, 1.54) is 17.0 Å². The van der Waals surface area contributed by atoms with E-state index in [1.54, 1.807) is 13.0 Å². The highest BCUT2D eigenvalue weighted by Crippen LogP contribution is 2.24. The summed E-state index contributed by atoms with van der Waals surface area (Å²) in [5, 5.41) is 2.31. The van der Waals surface area contributed by atoms with Crippen LogP contribution >= 0.6 is 0 Å². The second-order valence-corrected chi connectivity index (χ2v) is 4.37. The number of carbonyl (C=O) groups excluding carboxylic acids is 1. The van der Waals surface area contributed by atoms with Gasteiger partial charge in [-0.05, 0) is 41.8 Å². The zero-order chi connectivity index (χ0) is 14.4. The van der Waals surface area contributed by atoms with Crippen LogP contribution in [-0.2, 0) is 9.53 Å². The molecule has 2 rings (SSSR count). The molecule has 0 saturated carbocycles. The van der Waals surface area contributed by atoms with Gasteiger partial charge in [-0.1, -0.05) is 48.6 Å². The quantitative estimate of drug-likeness (QED) is 0.603. The van der Waals surface area contributed by atoms with E-state index in [1.807, 2.05) is 31.2 Å². The number of hydrogen-bond acceptors (Lipinski definition) is 2. The fourth-order valence-electron chi connectivity index (χ4n) is 2.16. The van der Waals surface area contributed by atoms with Crippen LogP contribution in [0.25, 0.3) is 22.9 Å². The van der Waals surface area contributed by atoms with Gasteiger partial charge in [-0.25, -0.2) is 4.79 Å². The highest BCUT2D eigenvalue weighted by molar-refractivity contribution is 5.98. The van der Waals surface area contributed by atoms with Gasteiger partial charge in [0.2, 0.25) is 0 Å². The molecule has 2 aromatic carbocycles. The van der Waals surface area contributed by atoms with Gasteiger partial charge in [0.05, 0.1) is 6.61 Å². The van der Waals surface area contributed by atoms with Crippen LogP contribution in [0.4, 0.5) is 0 Å². The van der Waals surface area contributed by atoms with Gasteiger partial charge in [0.25, 0.3) is 0 Å². The number of allylic oxidation sites excluding steroid dienone is 1. The van der Waals surface area contributed by atoms with Crippen molar-refractivity contribution in [3.05, 3.63) is 59.7 Å². The molecule has 102 valence electrons. The number of rotatable bonds is 4. The van der Waals surface area contributed by atoms with Crippen LogP contribution in [-0.4, -0.2) is 12.6 Å². The third-order valence-corrected chi connectivity index (χ3v) is 3.02. The van der Waals surface area contributed by atoms with E-state index in [9.17, 15) is 4.79 Å². The highest BCUT2D eigenvalue weighted by Gasteiger charge is 2.02. The highest BCUT2D eigenvalue weighted by atomic mass is 16.5. The Kier molecular flexibility index (Phi) is 4.72. The van der Waals surface area contributed by atoms with Crippen LogP contribution in [0.1, 0.15) is 25.0 Å². The third kappa shape index (κ3) is 3.15. The van der Waals surface area contributed by atoms with Gasteiger partial charge in [0.1, 0.15) is 0 Å². The first-order chi connectivity index (χ1) is 9.76. The van der Waals surface area contributed by atoms with Crippen LogP contribution in [0.5, 0.6) is 0 Å². The lowest BCUT2D eigenvalue weighted by atomic mass is 9.99. The zero-order valence-electron chi connectivity index (χ0n) is 11.8. The van der Waals surface area contributed by atoms with Gasteiger partial charge in [-0.2, -0.15) is 0 Å². The molecule has 0 atom stereocenters. The molecule has 0 aromatic heterocycles. The van der Waals surface area contributed by atoms with Gasteiger partial charge in [0.15, 0.2) is 0 Å². The Morgan fingerprint density at radius 2 is 1.65 bits per heavy atom. The third-order valence-electron chi connectivity index (χ3n) is 3.02. The number of ether oxygens (including phenoxy) is 1. The first-order valence-corrected chi connectivity index (χ1v) is 6.75. The van der Waals surface area contributed by atoms with Crippen LogP contribution in [0.2, 0.25) is 0 Å². The molecule has 20 heavy (non-hydrogen) atoms. The Balaban J connectivity index is 2.45. The molecule has 0 aliphatic heterocycles. The van der Waals surface area contributed by atoms with Gasteiger partial charge in [-0.3, -0.25) is 0 Å². The molecule has 0 saturated heterocycles. The lowest BCUT2D eigenvalue weighted by Gasteiger charge is -2.06. The first-order valence-electron chi connectivity index (χ1n) is 6.75. The number of hydrogen-bond donors (Lipinski definition) is 0. The fourth-order valence-corrected chi connectivity index (χ4v) is 2.16. The molecule has 0 N–H and O–H groups in total. The van der Waals surface area contributed by atoms with E-state index in [0.717, 1.165) is 10.9 Å². The van der Waals surface area contributed by atoms with Crippen molar-refractivity contribution in [3.63, 3.8) is 0 Å². The molecule has 0 aliphatic carbocycles. The van der Waals surface area contributed by atoms with E-state index in [2.05, 4.69) is 24.3 Å². The van der Waals surface area contributed by atoms with E-state index in [0.29, 0.717) is 6.61 Å². The smallest absolute Gasteiger partial charge is 0.330 e. The van der Waals surface area contributed by atoms with Crippen molar-refractivity contribution in [2.45, 2.75) is 13.8 Å². The molecule has 0 radical (unpaired) electrons. The summed E-state index contributed by atoms with van der Waals surface area (Å²) in [5.74, 6) is -0.311. The largest absolute Gasteiger partial charge is 0.463 e. The molecule has 0 bridgehead atoms. The minimum absolute atomic E-state index is 0.311. The summed E-state index contributed by atoms with van der Waals surface area (Å²) in [6, 6.07) is 12.3. The maximum Gasteiger partial charge on any atom is 0.330 e. The Hall–Kier alpha value is -2.35. The molecule has 0 spiro atoms. The monoisotopic (exact) mass is 266 g/mol. The molecule has 0 unspecified atom stereocenters. The average molecular weight is 266 g/mol. The Morgan fingerprint density at radius 3 is 2.20 bits per heavy atom. The summed E-state index contributed by atoms with van der Waals surface area (Å²) >= 11 is 0. The van der Waals surface area contributed by atoms with Gasteiger partial charge >= 0.3 is 5.97 Å². The summed E-state index contributed by atoms with van der Waals surface area (Å²) in [6.45, 7) is 4.19. The van der Waals surface area contributed by atoms with Crippen molar-refractivity contribution >= 4 is 28.9 Å². The normalized spacial score (nSPS) is 11.5. The molecular formula is C18H18O2. The Labute approximate surface area is 119 Å². The van der Waals surface area contributed by atoms with Crippen LogP contribution in [0.3, 0.4) is 0 Å². The fraction of sp³-hybridized carbons (Fsp3) is 0.167. The summed E-state index contributed by atoms with van der Waals surface area (Å²) < 4.78 is 4.90. The van der Waals surface area contributed by atoms with Gasteiger partial charge in [0, 0.05) is 6.08 Å². The molecule has 0 aliphatic rings. The van der Waals surface area contributed by atoms with Crippen molar-refractivity contribution in [3.8, 4) is 0 Å². The van der Waals surface area contributed by atoms with Crippen molar-refractivity contribution in [2.75, 3.05) is 6.61 Å². The Bertz CT molecular complexity index is 666. The summed E-state index contributed by atoms with van der Waals surface area (Å²) in [6.07, 6.45) is 7.39. The van der Waals surface area contributed by atoms with Crippen molar-refractivity contribution in [2.24, 2.45) is 0 Å². The van der Waals surface area contributed by atoms with Crippen LogP contribution in [0.15, 0.2) is 48.6 Å². The zero-order valence-corrected chi connectivity index (χ0v) is 11.8. The predicted molar refractivity (Wildman–Crippen MR) is 84.3 cm³/mol. The summed E-state index contributed by atoms with van der Waals surface area (Å²) in [7, 11) is 0. The first kappa shape index (κ1) is 14.1. The number of benzene rings is 2. The molecule has 2 aromatic rings. The molecular weight excluding hydrogens is 248 g/mol. The van der Waals surface area contributed by atoms with Crippen molar-refractivity contribution in [1.29, 1.82) is 0 Å². The summed E-state index contributed by atoms with van der Waals surface area (Å²) in [5.41, 5.74) is 2.19. The van der Waals surface area contributed by atoms with Crippen LogP contribution < -0.4 is 0 Å². The SMILES string of the molecule is C/C=C/c1ccc(/C=C/C(=O)OCC)c2ccccc12. The van der Waals surface area contributed by atoms with Gasteiger partial charge in [-0.15, -0.1) is 0 Å². The molecule has 0 heterocycles. The average Bonchev–Trinajstić information content (AvgIpc) is 2.47. The predicted octanol–water partition coefficient (Wildman–Crippen LogP) is 4.45. The van der Waals surface area contributed by atoms with E-state index >= 15 is 0 Å². The maximum absolute atomic E-state index is 11.4. The second-order valence-electron chi connectivity index (χ2n) is 4.37. The molecule has 0 amide bonds. The summed E-state index contributed by atoms with van der Waals surface area (Å²) in [4.78, 5) is 11.4. The lowest BCUT2D eigenvalue weighted by Crippen LogP contribution is -1.98. The van der Waals surface area contributed by atoms with Gasteiger partial charge < -0.3 is 4.74 Å². The number of carbonyl (C=O) groups is 1. The number of fused-ring (bicyclic) bond motifs is 1. The topological polar surface area (TPSA) is 26.3 Å². The maximum atomic E-state index is 11.4. The van der Waals surface area contributed by atoms with E-state index < -0.39 is 0 Å². The molecule has 2 nitrogen and oxygen atoms in total. The standard InChI is InChI=1S/C18H18O2/c1-3-7-14-10-11-15(12-13-18(19)20-4-2)17-9-6-5-8-16(14)17/h3,5-13H,4H2,1-2H3/b7-3+,13-12+. The van der Waals surface area contributed by atoms with Crippen LogP contribution in [0, 0.1) is 0 Å². The second kappa shape index (κ2) is 6.71. The molecule has 0 fully saturated rings. The minimum atomic E-state index is -0.311.